The van der Waals surface area contributed by atoms with E-state index in [9.17, 15) is 4.79 Å². The zero-order chi connectivity index (χ0) is 15.1. The number of hydrogen-bond donors (Lipinski definition) is 0. The number of piperazine rings is 1. The van der Waals surface area contributed by atoms with E-state index in [4.69, 9.17) is 0 Å². The van der Waals surface area contributed by atoms with Gasteiger partial charge >= 0.3 is 0 Å². The number of halogens is 1. The monoisotopic (exact) mass is 352 g/mol. The fourth-order valence-corrected chi connectivity index (χ4v) is 3.15. The van der Waals surface area contributed by atoms with Gasteiger partial charge in [0.1, 0.15) is 0 Å². The van der Waals surface area contributed by atoms with E-state index in [0.29, 0.717) is 6.42 Å². The van der Waals surface area contributed by atoms with Crippen molar-refractivity contribution in [1.82, 2.24) is 9.80 Å². The normalized spacial score (nSPS) is 16.2. The van der Waals surface area contributed by atoms with Gasteiger partial charge in [0, 0.05) is 30.7 Å². The van der Waals surface area contributed by atoms with Crippen molar-refractivity contribution in [2.24, 2.45) is 0 Å². The Morgan fingerprint density at radius 1 is 1.14 bits per heavy atom. The third-order valence-electron chi connectivity index (χ3n) is 4.10. The molecule has 0 unspecified atom stereocenters. The van der Waals surface area contributed by atoms with Gasteiger partial charge in [0.05, 0.1) is 6.42 Å². The maximum atomic E-state index is 12.4. The van der Waals surface area contributed by atoms with Crippen LogP contribution in [-0.2, 0) is 11.2 Å². The van der Waals surface area contributed by atoms with Gasteiger partial charge in [-0.05, 0) is 24.6 Å². The predicted octanol–water partition coefficient (Wildman–Crippen LogP) is 3.33. The van der Waals surface area contributed by atoms with Crippen LogP contribution in [0.2, 0.25) is 0 Å². The molecule has 1 aliphatic heterocycles. The summed E-state index contributed by atoms with van der Waals surface area (Å²) in [5, 5.41) is 0. The van der Waals surface area contributed by atoms with E-state index in [1.54, 1.807) is 0 Å². The molecule has 0 aromatic heterocycles. The second-order valence-corrected chi connectivity index (χ2v) is 6.55. The van der Waals surface area contributed by atoms with Crippen molar-refractivity contribution in [3.63, 3.8) is 0 Å². The van der Waals surface area contributed by atoms with Gasteiger partial charge in [-0.25, -0.2) is 0 Å². The smallest absolute Gasteiger partial charge is 0.227 e. The lowest BCUT2D eigenvalue weighted by atomic mass is 10.1. The van der Waals surface area contributed by atoms with E-state index in [1.165, 1.54) is 25.8 Å². The fourth-order valence-electron chi connectivity index (χ4n) is 2.72. The second kappa shape index (κ2) is 8.54. The van der Waals surface area contributed by atoms with Gasteiger partial charge in [-0.3, -0.25) is 9.69 Å². The van der Waals surface area contributed by atoms with Crippen molar-refractivity contribution in [2.75, 3.05) is 32.7 Å². The van der Waals surface area contributed by atoms with E-state index in [1.807, 2.05) is 29.2 Å². The van der Waals surface area contributed by atoms with Gasteiger partial charge in [-0.2, -0.15) is 0 Å². The molecule has 0 aliphatic carbocycles. The molecular weight excluding hydrogens is 328 g/mol. The average molecular weight is 353 g/mol. The molecule has 0 N–H and O–H groups in total. The third-order valence-corrected chi connectivity index (χ3v) is 4.88. The maximum absolute atomic E-state index is 12.4. The Bertz CT molecular complexity index is 456. The first-order valence-electron chi connectivity index (χ1n) is 7.94. The summed E-state index contributed by atoms with van der Waals surface area (Å²) in [5.41, 5.74) is 1.08. The van der Waals surface area contributed by atoms with Crippen molar-refractivity contribution in [3.05, 3.63) is 34.3 Å². The number of carbonyl (C=O) groups excluding carboxylic acids is 1. The van der Waals surface area contributed by atoms with E-state index in [0.717, 1.165) is 36.2 Å². The first-order chi connectivity index (χ1) is 10.2. The second-order valence-electron chi connectivity index (χ2n) is 5.70. The molecule has 0 radical (unpaired) electrons. The van der Waals surface area contributed by atoms with E-state index < -0.39 is 0 Å². The highest BCUT2D eigenvalue weighted by Crippen LogP contribution is 2.17. The first-order valence-corrected chi connectivity index (χ1v) is 8.73. The Balaban J connectivity index is 1.77. The SMILES string of the molecule is CCCCCN1CCN(C(=O)Cc2ccccc2Br)CC1. The molecule has 21 heavy (non-hydrogen) atoms. The minimum absolute atomic E-state index is 0.245. The topological polar surface area (TPSA) is 23.6 Å². The molecule has 0 saturated carbocycles. The number of benzene rings is 1. The number of rotatable bonds is 6. The Kier molecular flexibility index (Phi) is 6.71. The molecule has 1 saturated heterocycles. The minimum Gasteiger partial charge on any atom is -0.340 e. The quantitative estimate of drug-likeness (QED) is 0.733. The molecule has 4 heteroatoms. The lowest BCUT2D eigenvalue weighted by Crippen LogP contribution is -2.49. The zero-order valence-electron chi connectivity index (χ0n) is 12.9. The Morgan fingerprint density at radius 3 is 2.52 bits per heavy atom. The Labute approximate surface area is 136 Å². The lowest BCUT2D eigenvalue weighted by molar-refractivity contribution is -0.132. The van der Waals surface area contributed by atoms with Crippen LogP contribution in [0.5, 0.6) is 0 Å². The number of hydrogen-bond acceptors (Lipinski definition) is 2. The average Bonchev–Trinajstić information content (AvgIpc) is 2.50. The van der Waals surface area contributed by atoms with Crippen LogP contribution >= 0.6 is 15.9 Å². The highest BCUT2D eigenvalue weighted by atomic mass is 79.9. The van der Waals surface area contributed by atoms with Gasteiger partial charge in [0.25, 0.3) is 0 Å². The third kappa shape index (κ3) is 5.11. The van der Waals surface area contributed by atoms with Gasteiger partial charge in [-0.1, -0.05) is 53.9 Å². The Morgan fingerprint density at radius 2 is 1.86 bits per heavy atom. The number of carbonyl (C=O) groups is 1. The molecule has 0 bridgehead atoms. The van der Waals surface area contributed by atoms with Crippen LogP contribution in [0.15, 0.2) is 28.7 Å². The van der Waals surface area contributed by atoms with Crippen LogP contribution < -0.4 is 0 Å². The number of nitrogens with zero attached hydrogens (tertiary/aromatic N) is 2. The highest BCUT2D eigenvalue weighted by Gasteiger charge is 2.21. The van der Waals surface area contributed by atoms with Crippen molar-refractivity contribution < 1.29 is 4.79 Å². The minimum atomic E-state index is 0.245. The number of amides is 1. The van der Waals surface area contributed by atoms with Crippen molar-refractivity contribution in [2.45, 2.75) is 32.6 Å². The lowest BCUT2D eigenvalue weighted by Gasteiger charge is -2.34. The van der Waals surface area contributed by atoms with Crippen LogP contribution in [-0.4, -0.2) is 48.4 Å². The summed E-state index contributed by atoms with van der Waals surface area (Å²) >= 11 is 3.51. The standard InChI is InChI=1S/C17H25BrN2O/c1-2-3-6-9-19-10-12-20(13-11-19)17(21)14-15-7-4-5-8-16(15)18/h4-5,7-8H,2-3,6,9-14H2,1H3. The summed E-state index contributed by atoms with van der Waals surface area (Å²) in [6.07, 6.45) is 4.35. The van der Waals surface area contributed by atoms with Gasteiger partial charge in [-0.15, -0.1) is 0 Å². The highest BCUT2D eigenvalue weighted by molar-refractivity contribution is 9.10. The van der Waals surface area contributed by atoms with Crippen LogP contribution in [0.1, 0.15) is 31.7 Å². The summed E-state index contributed by atoms with van der Waals surface area (Å²) in [5.74, 6) is 0.245. The zero-order valence-corrected chi connectivity index (χ0v) is 14.4. The molecule has 1 fully saturated rings. The van der Waals surface area contributed by atoms with E-state index in [2.05, 4.69) is 27.8 Å². The Hall–Kier alpha value is -0.870. The van der Waals surface area contributed by atoms with Crippen LogP contribution in [0.3, 0.4) is 0 Å². The van der Waals surface area contributed by atoms with Gasteiger partial charge in [0.15, 0.2) is 0 Å². The molecule has 1 aliphatic rings. The van der Waals surface area contributed by atoms with Crippen LogP contribution in [0.4, 0.5) is 0 Å². The summed E-state index contributed by atoms with van der Waals surface area (Å²) < 4.78 is 1.02. The molecule has 1 aromatic rings. The van der Waals surface area contributed by atoms with E-state index >= 15 is 0 Å². The molecule has 1 aromatic carbocycles. The summed E-state index contributed by atoms with van der Waals surface area (Å²) in [4.78, 5) is 16.9. The first kappa shape index (κ1) is 16.5. The molecule has 1 amide bonds. The molecule has 0 spiro atoms. The largest absolute Gasteiger partial charge is 0.340 e. The van der Waals surface area contributed by atoms with Crippen molar-refractivity contribution in [1.29, 1.82) is 0 Å². The molecule has 0 atom stereocenters. The molecule has 2 rings (SSSR count). The van der Waals surface area contributed by atoms with Crippen molar-refractivity contribution in [3.8, 4) is 0 Å². The van der Waals surface area contributed by atoms with Crippen molar-refractivity contribution >= 4 is 21.8 Å². The molecule has 1 heterocycles. The predicted molar refractivity (Wildman–Crippen MR) is 90.4 cm³/mol. The fraction of sp³-hybridized carbons (Fsp3) is 0.588. The van der Waals surface area contributed by atoms with Gasteiger partial charge in [0.2, 0.25) is 5.91 Å². The van der Waals surface area contributed by atoms with E-state index in [-0.39, 0.29) is 5.91 Å². The summed E-state index contributed by atoms with van der Waals surface area (Å²) in [7, 11) is 0. The van der Waals surface area contributed by atoms with Crippen LogP contribution in [0.25, 0.3) is 0 Å². The molecule has 3 nitrogen and oxygen atoms in total. The number of unbranched alkanes of at least 4 members (excludes halogenated alkanes) is 2. The van der Waals surface area contributed by atoms with Gasteiger partial charge < -0.3 is 4.90 Å². The summed E-state index contributed by atoms with van der Waals surface area (Å²) in [6, 6.07) is 7.98. The van der Waals surface area contributed by atoms with Crippen LogP contribution in [0, 0.1) is 0 Å². The molecular formula is C17H25BrN2O. The maximum Gasteiger partial charge on any atom is 0.227 e. The molecule has 116 valence electrons. The summed E-state index contributed by atoms with van der Waals surface area (Å²) in [6.45, 7) is 7.19.